The fourth-order valence-electron chi connectivity index (χ4n) is 2.56. The SMILES string of the molecule is Nn1c(SCC(=O)Nc2ccc(N=Nc3ccccc3)cc2)nnc1C1CC1. The van der Waals surface area contributed by atoms with Crippen LogP contribution in [0.25, 0.3) is 0 Å². The van der Waals surface area contributed by atoms with Gasteiger partial charge in [0.1, 0.15) is 0 Å². The molecule has 1 aromatic heterocycles. The van der Waals surface area contributed by atoms with Gasteiger partial charge in [0.25, 0.3) is 0 Å². The second kappa shape index (κ2) is 8.22. The van der Waals surface area contributed by atoms with Gasteiger partial charge in [0, 0.05) is 11.6 Å². The Morgan fingerprint density at radius 3 is 2.43 bits per heavy atom. The second-order valence-corrected chi connectivity index (χ2v) is 7.35. The van der Waals surface area contributed by atoms with E-state index in [0.717, 1.165) is 24.4 Å². The summed E-state index contributed by atoms with van der Waals surface area (Å²) in [6.45, 7) is 0. The lowest BCUT2D eigenvalue weighted by Crippen LogP contribution is -2.17. The predicted octanol–water partition coefficient (Wildman–Crippen LogP) is 4.02. The average Bonchev–Trinajstić information content (AvgIpc) is 3.49. The van der Waals surface area contributed by atoms with E-state index in [9.17, 15) is 4.79 Å². The smallest absolute Gasteiger partial charge is 0.234 e. The minimum Gasteiger partial charge on any atom is -0.336 e. The molecule has 8 nitrogen and oxygen atoms in total. The Labute approximate surface area is 166 Å². The topological polar surface area (TPSA) is 111 Å². The van der Waals surface area contributed by atoms with E-state index in [2.05, 4.69) is 25.7 Å². The van der Waals surface area contributed by atoms with Crippen LogP contribution in [0.15, 0.2) is 70.0 Å². The Morgan fingerprint density at radius 2 is 1.75 bits per heavy atom. The largest absolute Gasteiger partial charge is 0.336 e. The van der Waals surface area contributed by atoms with Gasteiger partial charge in [-0.15, -0.1) is 10.2 Å². The fraction of sp³-hybridized carbons (Fsp3) is 0.211. The minimum absolute atomic E-state index is 0.139. The maximum atomic E-state index is 12.2. The average molecular weight is 393 g/mol. The van der Waals surface area contributed by atoms with Gasteiger partial charge in [-0.05, 0) is 49.2 Å². The third-order valence-corrected chi connectivity index (χ3v) is 5.10. The van der Waals surface area contributed by atoms with Gasteiger partial charge in [-0.3, -0.25) is 4.79 Å². The highest BCUT2D eigenvalue weighted by Gasteiger charge is 2.30. The lowest BCUT2D eigenvalue weighted by atomic mass is 10.3. The van der Waals surface area contributed by atoms with Gasteiger partial charge in [-0.25, -0.2) is 4.68 Å². The van der Waals surface area contributed by atoms with Crippen LogP contribution in [0.5, 0.6) is 0 Å². The quantitative estimate of drug-likeness (QED) is 0.358. The summed E-state index contributed by atoms with van der Waals surface area (Å²) in [5.41, 5.74) is 2.19. The molecular weight excluding hydrogens is 374 g/mol. The van der Waals surface area contributed by atoms with Crippen molar-refractivity contribution >= 4 is 34.7 Å². The summed E-state index contributed by atoms with van der Waals surface area (Å²) in [7, 11) is 0. The Bertz CT molecular complexity index is 981. The number of hydrogen-bond donors (Lipinski definition) is 2. The molecule has 1 amide bonds. The molecule has 0 saturated heterocycles. The molecule has 4 rings (SSSR count). The summed E-state index contributed by atoms with van der Waals surface area (Å²) >= 11 is 1.27. The summed E-state index contributed by atoms with van der Waals surface area (Å²) in [5, 5.41) is 19.9. The molecule has 1 heterocycles. The van der Waals surface area contributed by atoms with E-state index in [4.69, 9.17) is 5.84 Å². The Hall–Kier alpha value is -3.20. The molecule has 1 saturated carbocycles. The number of nitrogens with one attached hydrogen (secondary N) is 1. The van der Waals surface area contributed by atoms with Crippen LogP contribution in [-0.2, 0) is 4.79 Å². The number of nitrogens with two attached hydrogens (primary N) is 1. The van der Waals surface area contributed by atoms with E-state index in [1.165, 1.54) is 16.4 Å². The number of aromatic nitrogens is 3. The molecule has 3 aromatic rings. The van der Waals surface area contributed by atoms with Crippen molar-refractivity contribution in [1.82, 2.24) is 14.9 Å². The molecule has 1 aliphatic rings. The second-order valence-electron chi connectivity index (χ2n) is 6.40. The van der Waals surface area contributed by atoms with Gasteiger partial charge in [-0.2, -0.15) is 10.2 Å². The number of amides is 1. The Balaban J connectivity index is 1.29. The van der Waals surface area contributed by atoms with Crippen molar-refractivity contribution in [1.29, 1.82) is 0 Å². The van der Waals surface area contributed by atoms with Crippen molar-refractivity contribution in [2.75, 3.05) is 16.9 Å². The van der Waals surface area contributed by atoms with Crippen LogP contribution >= 0.6 is 11.8 Å². The van der Waals surface area contributed by atoms with Crippen molar-refractivity contribution in [3.63, 3.8) is 0 Å². The highest BCUT2D eigenvalue weighted by atomic mass is 32.2. The number of anilines is 1. The zero-order valence-corrected chi connectivity index (χ0v) is 15.8. The molecule has 0 bridgehead atoms. The number of nitrogen functional groups attached to an aromatic ring is 1. The molecule has 0 spiro atoms. The van der Waals surface area contributed by atoms with Gasteiger partial charge >= 0.3 is 0 Å². The van der Waals surface area contributed by atoms with E-state index in [1.807, 2.05) is 30.3 Å². The van der Waals surface area contributed by atoms with Gasteiger partial charge in [0.05, 0.1) is 17.1 Å². The van der Waals surface area contributed by atoms with Crippen LogP contribution in [0.4, 0.5) is 17.1 Å². The van der Waals surface area contributed by atoms with Crippen molar-refractivity contribution in [2.24, 2.45) is 10.2 Å². The Morgan fingerprint density at radius 1 is 1.07 bits per heavy atom. The zero-order valence-electron chi connectivity index (χ0n) is 15.0. The van der Waals surface area contributed by atoms with Crippen LogP contribution in [0.1, 0.15) is 24.6 Å². The third kappa shape index (κ3) is 4.55. The number of azo groups is 1. The molecule has 1 aliphatic carbocycles. The first-order valence-electron chi connectivity index (χ1n) is 8.89. The van der Waals surface area contributed by atoms with E-state index in [-0.39, 0.29) is 11.7 Å². The van der Waals surface area contributed by atoms with Crippen molar-refractivity contribution < 1.29 is 4.79 Å². The standard InChI is InChI=1S/C19H19N7OS/c20-26-18(13-6-7-13)24-25-19(26)28-12-17(27)21-14-8-10-16(11-9-14)23-22-15-4-2-1-3-5-15/h1-5,8-11,13H,6-7,12,20H2,(H,21,27). The minimum atomic E-state index is -0.139. The van der Waals surface area contributed by atoms with Crippen LogP contribution in [-0.4, -0.2) is 26.5 Å². The normalized spacial score (nSPS) is 13.7. The van der Waals surface area contributed by atoms with E-state index in [0.29, 0.717) is 22.4 Å². The van der Waals surface area contributed by atoms with Crippen LogP contribution in [0, 0.1) is 0 Å². The molecule has 1 fully saturated rings. The number of thioether (sulfide) groups is 1. The van der Waals surface area contributed by atoms with Crippen molar-refractivity contribution in [2.45, 2.75) is 23.9 Å². The number of nitrogens with zero attached hydrogens (tertiary/aromatic N) is 5. The molecule has 28 heavy (non-hydrogen) atoms. The maximum absolute atomic E-state index is 12.2. The molecular formula is C19H19N7OS. The summed E-state index contributed by atoms with van der Waals surface area (Å²) in [6.07, 6.45) is 2.20. The van der Waals surface area contributed by atoms with Gasteiger partial charge in [-0.1, -0.05) is 30.0 Å². The maximum Gasteiger partial charge on any atom is 0.234 e. The first kappa shape index (κ1) is 18.2. The summed E-state index contributed by atoms with van der Waals surface area (Å²) in [4.78, 5) is 12.2. The molecule has 3 N–H and O–H groups in total. The number of hydrogen-bond acceptors (Lipinski definition) is 7. The van der Waals surface area contributed by atoms with Crippen LogP contribution < -0.4 is 11.2 Å². The highest BCUT2D eigenvalue weighted by molar-refractivity contribution is 7.99. The molecule has 0 unspecified atom stereocenters. The van der Waals surface area contributed by atoms with E-state index >= 15 is 0 Å². The van der Waals surface area contributed by atoms with E-state index in [1.54, 1.807) is 24.3 Å². The van der Waals surface area contributed by atoms with Gasteiger partial charge < -0.3 is 11.2 Å². The summed E-state index contributed by atoms with van der Waals surface area (Å²) in [5.74, 6) is 7.26. The molecule has 2 aromatic carbocycles. The third-order valence-electron chi connectivity index (χ3n) is 4.15. The molecule has 0 atom stereocenters. The van der Waals surface area contributed by atoms with Crippen molar-refractivity contribution in [3.8, 4) is 0 Å². The first-order valence-corrected chi connectivity index (χ1v) is 9.87. The molecule has 0 radical (unpaired) electrons. The van der Waals surface area contributed by atoms with Crippen molar-refractivity contribution in [3.05, 3.63) is 60.4 Å². The lowest BCUT2D eigenvalue weighted by Gasteiger charge is -2.05. The monoisotopic (exact) mass is 393 g/mol. The van der Waals surface area contributed by atoms with Crippen LogP contribution in [0.2, 0.25) is 0 Å². The summed E-state index contributed by atoms with van der Waals surface area (Å²) in [6, 6.07) is 16.7. The van der Waals surface area contributed by atoms with Gasteiger partial charge in [0.2, 0.25) is 11.1 Å². The van der Waals surface area contributed by atoms with Crippen LogP contribution in [0.3, 0.4) is 0 Å². The molecule has 0 aliphatic heterocycles. The number of carbonyl (C=O) groups excluding carboxylic acids is 1. The summed E-state index contributed by atoms with van der Waals surface area (Å²) < 4.78 is 1.49. The molecule has 9 heteroatoms. The number of carbonyl (C=O) groups is 1. The molecule has 142 valence electrons. The Kier molecular flexibility index (Phi) is 5.34. The number of rotatable bonds is 7. The van der Waals surface area contributed by atoms with E-state index < -0.39 is 0 Å². The fourth-order valence-corrected chi connectivity index (χ4v) is 3.22. The predicted molar refractivity (Wildman–Crippen MR) is 109 cm³/mol. The zero-order chi connectivity index (χ0) is 19.3. The van der Waals surface area contributed by atoms with Gasteiger partial charge in [0.15, 0.2) is 5.82 Å². The highest BCUT2D eigenvalue weighted by Crippen LogP contribution is 2.39. The number of benzene rings is 2. The lowest BCUT2D eigenvalue weighted by molar-refractivity contribution is -0.113. The first-order chi connectivity index (χ1) is 13.7.